The Morgan fingerprint density at radius 3 is 2.30 bits per heavy atom. The average molecular weight is 530 g/mol. The Kier molecular flexibility index (Phi) is 8.87. The molecule has 1 unspecified atom stereocenters. The number of likely N-dealkylation sites (tertiary alicyclic amines) is 1. The Bertz CT molecular complexity index is 1180. The van der Waals surface area contributed by atoms with Crippen molar-refractivity contribution in [1.82, 2.24) is 4.90 Å². The quantitative estimate of drug-likeness (QED) is 0.345. The van der Waals surface area contributed by atoms with Crippen LogP contribution in [0, 0.1) is 24.7 Å². The number of hydrogen-bond donors (Lipinski definition) is 1. The Balaban J connectivity index is 1.32. The molecule has 1 heterocycles. The van der Waals surface area contributed by atoms with Crippen LogP contribution in [0.2, 0.25) is 0 Å². The number of hydrogen-bond acceptors (Lipinski definition) is 6. The molecule has 8 nitrogen and oxygen atoms in total. The third-order valence-electron chi connectivity index (χ3n) is 7.43. The number of benzene rings is 2. The molecule has 1 aliphatic heterocycles. The molecule has 2 aromatic rings. The Morgan fingerprint density at radius 1 is 1.00 bits per heavy atom. The summed E-state index contributed by atoms with van der Waals surface area (Å²) in [6.45, 7) is 3.12. The number of ether oxygens (including phenoxy) is 1. The average Bonchev–Trinajstić information content (AvgIpc) is 3.32. The third-order valence-corrected chi connectivity index (χ3v) is 8.75. The lowest BCUT2D eigenvalue weighted by Crippen LogP contribution is -2.33. The van der Waals surface area contributed by atoms with Gasteiger partial charge in [-0.25, -0.2) is 0 Å². The summed E-state index contributed by atoms with van der Waals surface area (Å²) in [6.07, 6.45) is 4.80. The first-order chi connectivity index (χ1) is 17.7. The molecular weight excluding hydrogens is 494 g/mol. The number of amides is 1. The Morgan fingerprint density at radius 2 is 1.65 bits per heavy atom. The second kappa shape index (κ2) is 12.1. The normalized spacial score (nSPS) is 20.3. The van der Waals surface area contributed by atoms with E-state index in [-0.39, 0.29) is 36.9 Å². The van der Waals surface area contributed by atoms with Gasteiger partial charge in [0.25, 0.3) is 10.1 Å². The largest absolute Gasteiger partial charge is 0.491 e. The minimum Gasteiger partial charge on any atom is -0.491 e. The van der Waals surface area contributed by atoms with Crippen molar-refractivity contribution in [3.63, 3.8) is 0 Å². The van der Waals surface area contributed by atoms with Gasteiger partial charge in [-0.05, 0) is 61.8 Å². The van der Waals surface area contributed by atoms with E-state index < -0.39 is 22.0 Å². The highest BCUT2D eigenvalue weighted by Gasteiger charge is 2.37. The minimum absolute atomic E-state index is 0.0324. The molecule has 1 aliphatic carbocycles. The molecule has 0 spiro atoms. The van der Waals surface area contributed by atoms with E-state index in [4.69, 9.17) is 8.92 Å². The number of fused-ring (bicyclic) bond motifs is 1. The summed E-state index contributed by atoms with van der Waals surface area (Å²) in [5.41, 5.74) is 1.60. The molecule has 0 aromatic heterocycles. The molecule has 1 saturated heterocycles. The van der Waals surface area contributed by atoms with Crippen molar-refractivity contribution in [2.75, 3.05) is 26.3 Å². The first kappa shape index (κ1) is 27.1. The van der Waals surface area contributed by atoms with Crippen molar-refractivity contribution in [2.45, 2.75) is 50.3 Å². The molecule has 2 aliphatic rings. The number of rotatable bonds is 11. The smallest absolute Gasteiger partial charge is 0.307 e. The standard InChI is InChI=1S/C28H35NO7S/c1-20-10-12-25(13-11-20)37(33,34)36-15-14-35-26-9-5-4-6-21(26)16-24(28(31)32)17-27(30)29-18-22-7-2-3-8-23(22)19-29/h4-6,9-13,22-24H,2-3,7-8,14-19H2,1H3,(H,31,32)/t22-,23+,24?. The number of carboxylic acids is 1. The van der Waals surface area contributed by atoms with Gasteiger partial charge in [0.1, 0.15) is 19.0 Å². The number of carbonyl (C=O) groups excluding carboxylic acids is 1. The van der Waals surface area contributed by atoms with Crippen LogP contribution in [0.25, 0.3) is 0 Å². The maximum atomic E-state index is 13.0. The van der Waals surface area contributed by atoms with Crippen LogP contribution in [0.5, 0.6) is 5.75 Å². The molecule has 2 aromatic carbocycles. The van der Waals surface area contributed by atoms with E-state index in [1.54, 1.807) is 36.4 Å². The van der Waals surface area contributed by atoms with Gasteiger partial charge in [-0.1, -0.05) is 48.7 Å². The van der Waals surface area contributed by atoms with E-state index in [1.807, 2.05) is 11.8 Å². The SMILES string of the molecule is Cc1ccc(S(=O)(=O)OCCOc2ccccc2CC(CC(=O)N2C[C@H]3CCCC[C@H]3C2)C(=O)O)cc1. The summed E-state index contributed by atoms with van der Waals surface area (Å²) in [5.74, 6) is -0.454. The van der Waals surface area contributed by atoms with Crippen LogP contribution >= 0.6 is 0 Å². The molecule has 9 heteroatoms. The zero-order chi connectivity index (χ0) is 26.4. The van der Waals surface area contributed by atoms with Gasteiger partial charge in [0.2, 0.25) is 5.91 Å². The van der Waals surface area contributed by atoms with Gasteiger partial charge in [-0.2, -0.15) is 8.42 Å². The summed E-state index contributed by atoms with van der Waals surface area (Å²) in [7, 11) is -3.90. The summed E-state index contributed by atoms with van der Waals surface area (Å²) >= 11 is 0. The van der Waals surface area contributed by atoms with Crippen LogP contribution < -0.4 is 4.74 Å². The van der Waals surface area contributed by atoms with Crippen molar-refractivity contribution in [1.29, 1.82) is 0 Å². The fourth-order valence-electron chi connectivity index (χ4n) is 5.34. The summed E-state index contributed by atoms with van der Waals surface area (Å²) in [6, 6.07) is 13.4. The summed E-state index contributed by atoms with van der Waals surface area (Å²) in [4.78, 5) is 26.9. The third kappa shape index (κ3) is 7.11. The first-order valence-corrected chi connectivity index (χ1v) is 14.3. The molecule has 1 N–H and O–H groups in total. The molecule has 37 heavy (non-hydrogen) atoms. The van der Waals surface area contributed by atoms with Gasteiger partial charge in [-0.3, -0.25) is 13.8 Å². The predicted molar refractivity (Wildman–Crippen MR) is 138 cm³/mol. The van der Waals surface area contributed by atoms with E-state index in [9.17, 15) is 23.1 Å². The molecule has 3 atom stereocenters. The van der Waals surface area contributed by atoms with Crippen LogP contribution in [0.1, 0.15) is 43.2 Å². The van der Waals surface area contributed by atoms with E-state index in [1.165, 1.54) is 25.0 Å². The molecule has 0 radical (unpaired) electrons. The zero-order valence-corrected chi connectivity index (χ0v) is 22.0. The molecule has 200 valence electrons. The number of aliphatic carboxylic acids is 1. The van der Waals surface area contributed by atoms with Crippen LogP contribution in [0.4, 0.5) is 0 Å². The van der Waals surface area contributed by atoms with Crippen molar-refractivity contribution in [3.05, 3.63) is 59.7 Å². The highest BCUT2D eigenvalue weighted by Crippen LogP contribution is 2.36. The monoisotopic (exact) mass is 529 g/mol. The second-order valence-corrected chi connectivity index (χ2v) is 11.7. The summed E-state index contributed by atoms with van der Waals surface area (Å²) in [5, 5.41) is 9.85. The molecule has 2 fully saturated rings. The van der Waals surface area contributed by atoms with Gasteiger partial charge in [0.15, 0.2) is 0 Å². The molecule has 1 amide bonds. The summed E-state index contributed by atoms with van der Waals surface area (Å²) < 4.78 is 35.6. The van der Waals surface area contributed by atoms with E-state index in [0.29, 0.717) is 23.1 Å². The van der Waals surface area contributed by atoms with E-state index in [2.05, 4.69) is 0 Å². The first-order valence-electron chi connectivity index (χ1n) is 12.9. The maximum Gasteiger partial charge on any atom is 0.307 e. The molecule has 1 saturated carbocycles. The fraction of sp³-hybridized carbons (Fsp3) is 0.500. The Labute approximate surface area is 218 Å². The van der Waals surface area contributed by atoms with Crippen molar-refractivity contribution in [2.24, 2.45) is 17.8 Å². The maximum absolute atomic E-state index is 13.0. The van der Waals surface area contributed by atoms with Crippen molar-refractivity contribution < 1.29 is 32.0 Å². The van der Waals surface area contributed by atoms with Gasteiger partial charge >= 0.3 is 5.97 Å². The van der Waals surface area contributed by atoms with Crippen LogP contribution in [-0.4, -0.2) is 56.6 Å². The Hall–Kier alpha value is -2.91. The second-order valence-electron chi connectivity index (χ2n) is 10.1. The lowest BCUT2D eigenvalue weighted by molar-refractivity contribution is -0.145. The van der Waals surface area contributed by atoms with Crippen LogP contribution in [0.15, 0.2) is 53.4 Å². The highest BCUT2D eigenvalue weighted by atomic mass is 32.2. The van der Waals surface area contributed by atoms with E-state index >= 15 is 0 Å². The number of carbonyl (C=O) groups is 2. The van der Waals surface area contributed by atoms with Gasteiger partial charge in [0, 0.05) is 19.5 Å². The van der Waals surface area contributed by atoms with Crippen LogP contribution in [0.3, 0.4) is 0 Å². The lowest BCUT2D eigenvalue weighted by atomic mass is 9.82. The highest BCUT2D eigenvalue weighted by molar-refractivity contribution is 7.86. The van der Waals surface area contributed by atoms with Gasteiger partial charge in [0.05, 0.1) is 10.8 Å². The van der Waals surface area contributed by atoms with Gasteiger partial charge in [-0.15, -0.1) is 0 Å². The molecule has 4 rings (SSSR count). The van der Waals surface area contributed by atoms with Gasteiger partial charge < -0.3 is 14.7 Å². The number of aryl methyl sites for hydroxylation is 1. The zero-order valence-electron chi connectivity index (χ0n) is 21.2. The lowest BCUT2D eigenvalue weighted by Gasteiger charge is -2.22. The molecule has 0 bridgehead atoms. The fourth-order valence-corrected chi connectivity index (χ4v) is 6.24. The molecular formula is C28H35NO7S. The predicted octanol–water partition coefficient (Wildman–Crippen LogP) is 4.06. The van der Waals surface area contributed by atoms with E-state index in [0.717, 1.165) is 31.5 Å². The number of para-hydroxylation sites is 1. The number of nitrogens with zero attached hydrogens (tertiary/aromatic N) is 1. The van der Waals surface area contributed by atoms with Crippen LogP contribution in [-0.2, 0) is 30.3 Å². The number of carboxylic acid groups (broad SMARTS) is 1. The minimum atomic E-state index is -3.90. The topological polar surface area (TPSA) is 110 Å². The van der Waals surface area contributed by atoms with Crippen molar-refractivity contribution >= 4 is 22.0 Å². The van der Waals surface area contributed by atoms with Crippen molar-refractivity contribution in [3.8, 4) is 5.75 Å².